The molecular formula is C22H22FN5O. The number of nitrogens with zero attached hydrogens (tertiary/aromatic N) is 4. The van der Waals surface area contributed by atoms with Crippen LogP contribution in [-0.4, -0.2) is 33.8 Å². The van der Waals surface area contributed by atoms with E-state index in [9.17, 15) is 9.18 Å². The minimum Gasteiger partial charge on any atom is -0.370 e. The van der Waals surface area contributed by atoms with E-state index in [2.05, 4.69) is 20.3 Å². The normalized spacial score (nSPS) is 15.6. The average molecular weight is 391 g/mol. The lowest BCUT2D eigenvalue weighted by Crippen LogP contribution is -2.19. The molecule has 0 unspecified atom stereocenters. The molecule has 1 aromatic carbocycles. The largest absolute Gasteiger partial charge is 0.370 e. The highest BCUT2D eigenvalue weighted by Gasteiger charge is 2.28. The molecule has 6 nitrogen and oxygen atoms in total. The van der Waals surface area contributed by atoms with Crippen molar-refractivity contribution in [2.24, 2.45) is 0 Å². The Hall–Kier alpha value is -3.22. The Kier molecular flexibility index (Phi) is 4.50. The number of aromatic nitrogens is 3. The molecule has 0 radical (unpaired) electrons. The summed E-state index contributed by atoms with van der Waals surface area (Å²) in [5.41, 5.74) is 3.62. The first-order valence-electron chi connectivity index (χ1n) is 10.1. The summed E-state index contributed by atoms with van der Waals surface area (Å²) in [6.07, 6.45) is 6.69. The van der Waals surface area contributed by atoms with Crippen molar-refractivity contribution >= 4 is 17.4 Å². The minimum absolute atomic E-state index is 0.306. The minimum atomic E-state index is -0.351. The molecule has 2 aromatic heterocycles. The van der Waals surface area contributed by atoms with E-state index >= 15 is 0 Å². The van der Waals surface area contributed by atoms with Crippen molar-refractivity contribution < 1.29 is 9.18 Å². The van der Waals surface area contributed by atoms with Gasteiger partial charge in [-0.05, 0) is 56.4 Å². The van der Waals surface area contributed by atoms with Crippen LogP contribution in [0.5, 0.6) is 0 Å². The van der Waals surface area contributed by atoms with Gasteiger partial charge in [0.05, 0.1) is 11.9 Å². The Morgan fingerprint density at radius 3 is 2.62 bits per heavy atom. The zero-order chi connectivity index (χ0) is 19.8. The van der Waals surface area contributed by atoms with Gasteiger partial charge in [-0.2, -0.15) is 5.10 Å². The van der Waals surface area contributed by atoms with Crippen molar-refractivity contribution in [2.75, 3.05) is 23.3 Å². The summed E-state index contributed by atoms with van der Waals surface area (Å²) in [5.74, 6) is -0.166. The number of nitrogens with one attached hydrogen (secondary N) is 1. The number of hydrogen-bond donors (Lipinski definition) is 1. The second kappa shape index (κ2) is 7.31. The Labute approximate surface area is 168 Å². The summed E-state index contributed by atoms with van der Waals surface area (Å²) in [5, 5.41) is 7.32. The van der Waals surface area contributed by atoms with Crippen molar-refractivity contribution in [2.45, 2.75) is 32.1 Å². The maximum Gasteiger partial charge on any atom is 0.277 e. The van der Waals surface area contributed by atoms with Crippen LogP contribution in [0.25, 0.3) is 5.69 Å². The maximum atomic E-state index is 14.3. The van der Waals surface area contributed by atoms with Crippen molar-refractivity contribution in [1.29, 1.82) is 0 Å². The van der Waals surface area contributed by atoms with E-state index in [-0.39, 0.29) is 11.7 Å². The third-order valence-corrected chi connectivity index (χ3v) is 5.69. The number of carbonyl (C=O) groups excluding carboxylic acids is 1. The fraction of sp³-hybridized carbons (Fsp3) is 0.318. The molecule has 1 saturated heterocycles. The molecule has 29 heavy (non-hydrogen) atoms. The average Bonchev–Trinajstić information content (AvgIpc) is 3.47. The number of carbonyl (C=O) groups is 1. The van der Waals surface area contributed by atoms with E-state index in [0.29, 0.717) is 17.2 Å². The van der Waals surface area contributed by atoms with Crippen LogP contribution in [0, 0.1) is 5.82 Å². The number of amides is 1. The van der Waals surface area contributed by atoms with Gasteiger partial charge in [0.25, 0.3) is 5.91 Å². The first-order chi connectivity index (χ1) is 14.2. The predicted octanol–water partition coefficient (Wildman–Crippen LogP) is 3.75. The molecule has 2 aliphatic rings. The third-order valence-electron chi connectivity index (χ3n) is 5.69. The quantitative estimate of drug-likeness (QED) is 0.736. The van der Waals surface area contributed by atoms with E-state index in [1.807, 2.05) is 12.1 Å². The SMILES string of the molecule is O=C(Nc1ccc(N2CCCC2)cn1)c1nn(-c2ccccc2F)c2c1CCC2. The number of fused-ring (bicyclic) bond motifs is 1. The highest BCUT2D eigenvalue weighted by molar-refractivity contribution is 6.03. The van der Waals surface area contributed by atoms with Gasteiger partial charge < -0.3 is 10.2 Å². The molecule has 148 valence electrons. The van der Waals surface area contributed by atoms with Crippen LogP contribution in [0.3, 0.4) is 0 Å². The van der Waals surface area contributed by atoms with E-state index < -0.39 is 0 Å². The van der Waals surface area contributed by atoms with Gasteiger partial charge >= 0.3 is 0 Å². The monoisotopic (exact) mass is 391 g/mol. The summed E-state index contributed by atoms with van der Waals surface area (Å²) in [6.45, 7) is 2.10. The number of pyridine rings is 1. The summed E-state index contributed by atoms with van der Waals surface area (Å²) in [6, 6.07) is 10.3. The Morgan fingerprint density at radius 1 is 1.03 bits per heavy atom. The topological polar surface area (TPSA) is 63.1 Å². The lowest BCUT2D eigenvalue weighted by atomic mass is 10.2. The fourth-order valence-corrected chi connectivity index (χ4v) is 4.24. The van der Waals surface area contributed by atoms with Gasteiger partial charge in [-0.15, -0.1) is 0 Å². The van der Waals surface area contributed by atoms with Gasteiger partial charge in [0.2, 0.25) is 0 Å². The first kappa shape index (κ1) is 17.8. The summed E-state index contributed by atoms with van der Waals surface area (Å²) < 4.78 is 15.9. The smallest absolute Gasteiger partial charge is 0.277 e. The van der Waals surface area contributed by atoms with Gasteiger partial charge in [-0.1, -0.05) is 12.1 Å². The molecule has 0 spiro atoms. The number of para-hydroxylation sites is 1. The van der Waals surface area contributed by atoms with Crippen LogP contribution in [-0.2, 0) is 12.8 Å². The highest BCUT2D eigenvalue weighted by atomic mass is 19.1. The van der Waals surface area contributed by atoms with Crippen molar-refractivity contribution in [3.05, 3.63) is 65.4 Å². The van der Waals surface area contributed by atoms with Crippen LogP contribution in [0.15, 0.2) is 42.6 Å². The van der Waals surface area contributed by atoms with Gasteiger partial charge in [0.1, 0.15) is 17.3 Å². The summed E-state index contributed by atoms with van der Waals surface area (Å²) in [7, 11) is 0. The molecule has 1 N–H and O–H groups in total. The Balaban J connectivity index is 1.40. The summed E-state index contributed by atoms with van der Waals surface area (Å²) >= 11 is 0. The van der Waals surface area contributed by atoms with Crippen molar-refractivity contribution in [1.82, 2.24) is 14.8 Å². The number of hydrogen-bond acceptors (Lipinski definition) is 4. The molecule has 3 aromatic rings. The third kappa shape index (κ3) is 3.26. The molecule has 1 amide bonds. The molecular weight excluding hydrogens is 369 g/mol. The molecule has 7 heteroatoms. The van der Waals surface area contributed by atoms with Crippen molar-refractivity contribution in [3.63, 3.8) is 0 Å². The molecule has 1 fully saturated rings. The number of rotatable bonds is 4. The van der Waals surface area contributed by atoms with Crippen LogP contribution in [0.4, 0.5) is 15.9 Å². The summed E-state index contributed by atoms with van der Waals surface area (Å²) in [4.78, 5) is 19.6. The first-order valence-corrected chi connectivity index (χ1v) is 10.1. The lowest BCUT2D eigenvalue weighted by molar-refractivity contribution is 0.102. The molecule has 1 aliphatic heterocycles. The Morgan fingerprint density at radius 2 is 1.86 bits per heavy atom. The standard InChI is InChI=1S/C22H22FN5O/c23-17-7-1-2-8-19(17)28-18-9-5-6-16(18)21(26-28)22(29)25-20-11-10-15(14-24-20)27-12-3-4-13-27/h1-2,7-8,10-11,14H,3-6,9,12-13H2,(H,24,25,29). The van der Waals surface area contributed by atoms with Crippen LogP contribution in [0.1, 0.15) is 41.0 Å². The molecule has 3 heterocycles. The molecule has 1 aliphatic carbocycles. The Bertz CT molecular complexity index is 1050. The zero-order valence-corrected chi connectivity index (χ0v) is 16.1. The molecule has 0 saturated carbocycles. The molecule has 0 atom stereocenters. The van der Waals surface area contributed by atoms with Gasteiger partial charge in [-0.3, -0.25) is 4.79 Å². The van der Waals surface area contributed by atoms with Crippen LogP contribution < -0.4 is 10.2 Å². The molecule has 5 rings (SSSR count). The second-order valence-corrected chi connectivity index (χ2v) is 7.54. The van der Waals surface area contributed by atoms with E-state index in [1.54, 1.807) is 29.1 Å². The number of anilines is 2. The van der Waals surface area contributed by atoms with Crippen molar-refractivity contribution in [3.8, 4) is 5.69 Å². The molecule has 0 bridgehead atoms. The number of benzene rings is 1. The number of halogens is 1. The van der Waals surface area contributed by atoms with Crippen LogP contribution in [0.2, 0.25) is 0 Å². The van der Waals surface area contributed by atoms with E-state index in [4.69, 9.17) is 0 Å². The second-order valence-electron chi connectivity index (χ2n) is 7.54. The van der Waals surface area contributed by atoms with E-state index in [1.165, 1.54) is 18.9 Å². The lowest BCUT2D eigenvalue weighted by Gasteiger charge is -2.17. The van der Waals surface area contributed by atoms with E-state index in [0.717, 1.165) is 49.3 Å². The highest BCUT2D eigenvalue weighted by Crippen LogP contribution is 2.29. The maximum absolute atomic E-state index is 14.3. The van der Waals surface area contributed by atoms with Crippen LogP contribution >= 0.6 is 0 Å². The fourth-order valence-electron chi connectivity index (χ4n) is 4.24. The van der Waals surface area contributed by atoms with Gasteiger partial charge in [0, 0.05) is 24.3 Å². The zero-order valence-electron chi connectivity index (χ0n) is 16.1. The predicted molar refractivity (Wildman–Crippen MR) is 109 cm³/mol. The van der Waals surface area contributed by atoms with Gasteiger partial charge in [0.15, 0.2) is 5.69 Å². The van der Waals surface area contributed by atoms with Gasteiger partial charge in [-0.25, -0.2) is 14.1 Å².